The predicted molar refractivity (Wildman–Crippen MR) is 79.2 cm³/mol. The van der Waals surface area contributed by atoms with Crippen LogP contribution in [-0.2, 0) is 10.0 Å². The zero-order chi connectivity index (χ0) is 15.3. The van der Waals surface area contributed by atoms with Crippen LogP contribution in [-0.4, -0.2) is 38.4 Å². The van der Waals surface area contributed by atoms with Gasteiger partial charge in [0.1, 0.15) is 0 Å². The molecule has 5 nitrogen and oxygen atoms in total. The summed E-state index contributed by atoms with van der Waals surface area (Å²) in [7, 11) is -3.51. The first kappa shape index (κ1) is 16.7. The highest BCUT2D eigenvalue weighted by Crippen LogP contribution is 2.12. The summed E-state index contributed by atoms with van der Waals surface area (Å²) < 4.78 is 26.4. The van der Waals surface area contributed by atoms with Gasteiger partial charge in [-0.15, -0.1) is 0 Å². The summed E-state index contributed by atoms with van der Waals surface area (Å²) in [6.45, 7) is 8.60. The van der Waals surface area contributed by atoms with E-state index in [1.165, 1.54) is 12.1 Å². The third-order valence-corrected chi connectivity index (χ3v) is 4.53. The summed E-state index contributed by atoms with van der Waals surface area (Å²) >= 11 is 0. The molecule has 112 valence electrons. The molecule has 0 aliphatic rings. The molecule has 0 fully saturated rings. The van der Waals surface area contributed by atoms with Crippen molar-refractivity contribution in [3.05, 3.63) is 29.8 Å². The molecule has 20 heavy (non-hydrogen) atoms. The second-order valence-corrected chi connectivity index (χ2v) is 6.49. The smallest absolute Gasteiger partial charge is 0.253 e. The van der Waals surface area contributed by atoms with Crippen LogP contribution in [0.15, 0.2) is 29.2 Å². The molecule has 0 saturated heterocycles. The first-order valence-corrected chi connectivity index (χ1v) is 8.21. The maximum absolute atomic E-state index is 12.1. The van der Waals surface area contributed by atoms with Crippen molar-refractivity contribution in [3.8, 4) is 0 Å². The van der Waals surface area contributed by atoms with E-state index in [0.717, 1.165) is 0 Å². The maximum Gasteiger partial charge on any atom is 0.253 e. The zero-order valence-corrected chi connectivity index (χ0v) is 13.2. The monoisotopic (exact) mass is 298 g/mol. The van der Waals surface area contributed by atoms with Gasteiger partial charge < -0.3 is 4.90 Å². The average molecular weight is 298 g/mol. The lowest BCUT2D eigenvalue weighted by Crippen LogP contribution is -2.31. The number of sulfonamides is 1. The first-order valence-electron chi connectivity index (χ1n) is 6.73. The van der Waals surface area contributed by atoms with Crippen LogP contribution < -0.4 is 4.72 Å². The SMILES string of the molecule is CCN(CC)C(=O)c1ccc(S(=O)(=O)NC(C)C)cc1. The van der Waals surface area contributed by atoms with Crippen molar-refractivity contribution in [2.24, 2.45) is 0 Å². The van der Waals surface area contributed by atoms with Gasteiger partial charge in [-0.3, -0.25) is 4.79 Å². The van der Waals surface area contributed by atoms with Gasteiger partial charge in [-0.1, -0.05) is 0 Å². The highest BCUT2D eigenvalue weighted by molar-refractivity contribution is 7.89. The summed E-state index contributed by atoms with van der Waals surface area (Å²) in [4.78, 5) is 14.0. The number of carbonyl (C=O) groups excluding carboxylic acids is 1. The molecule has 1 rings (SSSR count). The molecule has 0 spiro atoms. The highest BCUT2D eigenvalue weighted by Gasteiger charge is 2.17. The highest BCUT2D eigenvalue weighted by atomic mass is 32.2. The van der Waals surface area contributed by atoms with E-state index in [2.05, 4.69) is 4.72 Å². The van der Waals surface area contributed by atoms with Crippen LogP contribution in [0.2, 0.25) is 0 Å². The Balaban J connectivity index is 2.97. The van der Waals surface area contributed by atoms with Gasteiger partial charge in [-0.25, -0.2) is 13.1 Å². The average Bonchev–Trinajstić information content (AvgIpc) is 2.38. The van der Waals surface area contributed by atoms with E-state index in [4.69, 9.17) is 0 Å². The first-order chi connectivity index (χ1) is 9.31. The second kappa shape index (κ2) is 6.85. The molecular weight excluding hydrogens is 276 g/mol. The number of nitrogens with zero attached hydrogens (tertiary/aromatic N) is 1. The zero-order valence-electron chi connectivity index (χ0n) is 12.4. The minimum atomic E-state index is -3.51. The van der Waals surface area contributed by atoms with Crippen LogP contribution in [0.3, 0.4) is 0 Å². The van der Waals surface area contributed by atoms with Gasteiger partial charge in [0.2, 0.25) is 10.0 Å². The molecule has 1 amide bonds. The number of hydrogen-bond acceptors (Lipinski definition) is 3. The second-order valence-electron chi connectivity index (χ2n) is 4.78. The maximum atomic E-state index is 12.1. The molecule has 0 atom stereocenters. The fraction of sp³-hybridized carbons (Fsp3) is 0.500. The van der Waals surface area contributed by atoms with E-state index in [-0.39, 0.29) is 16.8 Å². The Bertz CT molecular complexity index is 546. The molecule has 1 aromatic rings. The van der Waals surface area contributed by atoms with Crippen molar-refractivity contribution < 1.29 is 13.2 Å². The third-order valence-electron chi connectivity index (χ3n) is 2.85. The molecule has 0 aliphatic heterocycles. The van der Waals surface area contributed by atoms with E-state index < -0.39 is 10.0 Å². The van der Waals surface area contributed by atoms with Gasteiger partial charge in [0.05, 0.1) is 4.90 Å². The molecular formula is C14H22N2O3S. The minimum Gasteiger partial charge on any atom is -0.339 e. The number of nitrogens with one attached hydrogen (secondary N) is 1. The van der Waals surface area contributed by atoms with Gasteiger partial charge in [-0.2, -0.15) is 0 Å². The molecule has 0 bridgehead atoms. The topological polar surface area (TPSA) is 66.5 Å². The fourth-order valence-corrected chi connectivity index (χ4v) is 3.10. The van der Waals surface area contributed by atoms with E-state index >= 15 is 0 Å². The van der Waals surface area contributed by atoms with Crippen molar-refractivity contribution in [2.75, 3.05) is 13.1 Å². The summed E-state index contributed by atoms with van der Waals surface area (Å²) in [6.07, 6.45) is 0. The predicted octanol–water partition coefficient (Wildman–Crippen LogP) is 1.86. The minimum absolute atomic E-state index is 0.0873. The van der Waals surface area contributed by atoms with Crippen molar-refractivity contribution in [1.82, 2.24) is 9.62 Å². The molecule has 0 aromatic heterocycles. The third kappa shape index (κ3) is 4.05. The largest absolute Gasteiger partial charge is 0.339 e. The van der Waals surface area contributed by atoms with E-state index in [1.54, 1.807) is 30.9 Å². The lowest BCUT2D eigenvalue weighted by molar-refractivity contribution is 0.0773. The van der Waals surface area contributed by atoms with Crippen LogP contribution in [0, 0.1) is 0 Å². The van der Waals surface area contributed by atoms with Crippen LogP contribution in [0.5, 0.6) is 0 Å². The Kier molecular flexibility index (Phi) is 5.71. The van der Waals surface area contributed by atoms with Crippen LogP contribution >= 0.6 is 0 Å². The summed E-state index contributed by atoms with van der Waals surface area (Å²) in [5, 5.41) is 0. The molecule has 0 aliphatic carbocycles. The Hall–Kier alpha value is -1.40. The molecule has 1 N–H and O–H groups in total. The quantitative estimate of drug-likeness (QED) is 0.871. The summed E-state index contributed by atoms with van der Waals surface area (Å²) in [6, 6.07) is 5.85. The Labute approximate surface area is 121 Å². The van der Waals surface area contributed by atoms with E-state index in [9.17, 15) is 13.2 Å². The lowest BCUT2D eigenvalue weighted by Gasteiger charge is -2.18. The Morgan fingerprint density at radius 1 is 1.15 bits per heavy atom. The van der Waals surface area contributed by atoms with Crippen molar-refractivity contribution in [1.29, 1.82) is 0 Å². The van der Waals surface area contributed by atoms with Crippen molar-refractivity contribution in [2.45, 2.75) is 38.6 Å². The van der Waals surface area contributed by atoms with Crippen LogP contribution in [0.25, 0.3) is 0 Å². The molecule has 0 heterocycles. The van der Waals surface area contributed by atoms with E-state index in [0.29, 0.717) is 18.7 Å². The molecule has 6 heteroatoms. The molecule has 0 unspecified atom stereocenters. The number of carbonyl (C=O) groups is 1. The molecule has 0 saturated carbocycles. The number of amides is 1. The van der Waals surface area contributed by atoms with Crippen LogP contribution in [0.4, 0.5) is 0 Å². The Morgan fingerprint density at radius 2 is 1.65 bits per heavy atom. The van der Waals surface area contributed by atoms with Gasteiger partial charge in [0.15, 0.2) is 0 Å². The van der Waals surface area contributed by atoms with Gasteiger partial charge in [0, 0.05) is 24.7 Å². The van der Waals surface area contributed by atoms with Crippen molar-refractivity contribution >= 4 is 15.9 Å². The van der Waals surface area contributed by atoms with Crippen LogP contribution in [0.1, 0.15) is 38.1 Å². The summed E-state index contributed by atoms with van der Waals surface area (Å²) in [5.41, 5.74) is 0.497. The van der Waals surface area contributed by atoms with Gasteiger partial charge in [-0.05, 0) is 52.0 Å². The van der Waals surface area contributed by atoms with E-state index in [1.807, 2.05) is 13.8 Å². The van der Waals surface area contributed by atoms with Gasteiger partial charge in [0.25, 0.3) is 5.91 Å². The van der Waals surface area contributed by atoms with Gasteiger partial charge >= 0.3 is 0 Å². The van der Waals surface area contributed by atoms with Crippen molar-refractivity contribution in [3.63, 3.8) is 0 Å². The standard InChI is InChI=1S/C14H22N2O3S/c1-5-16(6-2)14(17)12-7-9-13(10-8-12)20(18,19)15-11(3)4/h7-11,15H,5-6H2,1-4H3. The molecule has 1 aromatic carbocycles. The number of hydrogen-bond donors (Lipinski definition) is 1. The molecule has 0 radical (unpaired) electrons. The fourth-order valence-electron chi connectivity index (χ4n) is 1.85. The lowest BCUT2D eigenvalue weighted by atomic mass is 10.2. The Morgan fingerprint density at radius 3 is 2.05 bits per heavy atom. The summed E-state index contributed by atoms with van der Waals surface area (Å²) in [5.74, 6) is -0.0873. The number of benzene rings is 1. The number of rotatable bonds is 6. The normalized spacial score (nSPS) is 11.7.